The van der Waals surface area contributed by atoms with E-state index in [9.17, 15) is 19.5 Å². The van der Waals surface area contributed by atoms with Gasteiger partial charge in [0.15, 0.2) is 0 Å². The van der Waals surface area contributed by atoms with Crippen LogP contribution < -0.4 is 10.6 Å². The molecular weight excluding hydrogens is 360 g/mol. The van der Waals surface area contributed by atoms with Gasteiger partial charge in [-0.1, -0.05) is 38.5 Å². The molecule has 0 aromatic heterocycles. The number of aliphatic carboxylic acids is 1. The van der Waals surface area contributed by atoms with Crippen molar-refractivity contribution >= 4 is 18.0 Å². The van der Waals surface area contributed by atoms with Gasteiger partial charge in [-0.25, -0.2) is 9.59 Å². The lowest BCUT2D eigenvalue weighted by molar-refractivity contribution is -0.144. The first-order chi connectivity index (χ1) is 13.2. The molecule has 2 aliphatic rings. The normalized spacial score (nSPS) is 21.4. The summed E-state index contributed by atoms with van der Waals surface area (Å²) in [6.07, 6.45) is 8.91. The second kappa shape index (κ2) is 10.1. The maximum atomic E-state index is 13.1. The van der Waals surface area contributed by atoms with Gasteiger partial charge >= 0.3 is 12.1 Å². The summed E-state index contributed by atoms with van der Waals surface area (Å²) in [5, 5.41) is 15.1. The van der Waals surface area contributed by atoms with E-state index in [4.69, 9.17) is 4.74 Å². The van der Waals surface area contributed by atoms with Crippen LogP contribution in [-0.2, 0) is 14.3 Å². The molecule has 3 N–H and O–H groups in total. The van der Waals surface area contributed by atoms with Crippen molar-refractivity contribution in [3.63, 3.8) is 0 Å². The van der Waals surface area contributed by atoms with Crippen LogP contribution in [0.15, 0.2) is 0 Å². The molecule has 0 spiro atoms. The van der Waals surface area contributed by atoms with E-state index in [2.05, 4.69) is 10.6 Å². The lowest BCUT2D eigenvalue weighted by Crippen LogP contribution is -2.57. The standard InChI is InChI=1S/C21H36N2O5/c1-21(2,3)28-20(27)23-16(14-10-6-4-7-11-14)18(24)22-17(19(25)26)15-12-8-5-9-13-15/h14-17H,4-13H2,1-3H3,(H,22,24)(H,23,27)(H,25,26)/t16-,17-/m0/s1. The summed E-state index contributed by atoms with van der Waals surface area (Å²) in [5.41, 5.74) is -0.663. The number of nitrogens with one attached hydrogen (secondary N) is 2. The zero-order valence-corrected chi connectivity index (χ0v) is 17.5. The van der Waals surface area contributed by atoms with Crippen molar-refractivity contribution in [3.8, 4) is 0 Å². The fraction of sp³-hybridized carbons (Fsp3) is 0.857. The van der Waals surface area contributed by atoms with E-state index < -0.39 is 35.7 Å². The monoisotopic (exact) mass is 396 g/mol. The average molecular weight is 397 g/mol. The van der Waals surface area contributed by atoms with Gasteiger partial charge in [-0.2, -0.15) is 0 Å². The molecule has 0 saturated heterocycles. The van der Waals surface area contributed by atoms with E-state index in [1.165, 1.54) is 0 Å². The van der Waals surface area contributed by atoms with Gasteiger partial charge in [0.2, 0.25) is 5.91 Å². The van der Waals surface area contributed by atoms with E-state index in [-0.39, 0.29) is 11.8 Å². The molecule has 2 atom stereocenters. The molecule has 7 nitrogen and oxygen atoms in total. The zero-order valence-electron chi connectivity index (χ0n) is 17.5. The van der Waals surface area contributed by atoms with Crippen molar-refractivity contribution < 1.29 is 24.2 Å². The number of ether oxygens (including phenoxy) is 1. The predicted molar refractivity (Wildman–Crippen MR) is 106 cm³/mol. The Balaban J connectivity index is 2.09. The van der Waals surface area contributed by atoms with Gasteiger partial charge in [-0.3, -0.25) is 4.79 Å². The Bertz CT molecular complexity index is 545. The van der Waals surface area contributed by atoms with Crippen LogP contribution in [-0.4, -0.2) is 40.8 Å². The Hall–Kier alpha value is -1.79. The molecule has 2 fully saturated rings. The number of carbonyl (C=O) groups is 3. The first-order valence-electron chi connectivity index (χ1n) is 10.7. The molecular formula is C21H36N2O5. The minimum atomic E-state index is -1.00. The molecule has 2 aliphatic carbocycles. The maximum Gasteiger partial charge on any atom is 0.408 e. The predicted octanol–water partition coefficient (Wildman–Crippen LogP) is 3.61. The third-order valence-corrected chi connectivity index (χ3v) is 5.76. The number of hydrogen-bond acceptors (Lipinski definition) is 4. The Kier molecular flexibility index (Phi) is 8.13. The Labute approximate surface area is 168 Å². The van der Waals surface area contributed by atoms with Crippen molar-refractivity contribution in [2.24, 2.45) is 11.8 Å². The summed E-state index contributed by atoms with van der Waals surface area (Å²) in [6, 6.07) is -1.67. The number of carboxylic acids is 1. The van der Waals surface area contributed by atoms with Gasteiger partial charge < -0.3 is 20.5 Å². The molecule has 2 amide bonds. The molecule has 0 heterocycles. The first-order valence-corrected chi connectivity index (χ1v) is 10.7. The van der Waals surface area contributed by atoms with Crippen LogP contribution in [0.25, 0.3) is 0 Å². The second-order valence-corrected chi connectivity index (χ2v) is 9.24. The number of amides is 2. The third-order valence-electron chi connectivity index (χ3n) is 5.76. The van der Waals surface area contributed by atoms with Crippen LogP contribution in [0.5, 0.6) is 0 Å². The van der Waals surface area contributed by atoms with Crippen molar-refractivity contribution in [2.75, 3.05) is 0 Å². The smallest absolute Gasteiger partial charge is 0.408 e. The molecule has 0 unspecified atom stereocenters. The van der Waals surface area contributed by atoms with E-state index in [0.29, 0.717) is 0 Å². The molecule has 7 heteroatoms. The number of rotatable bonds is 6. The van der Waals surface area contributed by atoms with E-state index in [1.807, 2.05) is 0 Å². The topological polar surface area (TPSA) is 105 Å². The Morgan fingerprint density at radius 3 is 1.71 bits per heavy atom. The van der Waals surface area contributed by atoms with Crippen LogP contribution in [0.2, 0.25) is 0 Å². The molecule has 2 saturated carbocycles. The Morgan fingerprint density at radius 1 is 0.821 bits per heavy atom. The summed E-state index contributed by atoms with van der Waals surface area (Å²) >= 11 is 0. The van der Waals surface area contributed by atoms with Crippen LogP contribution in [0.4, 0.5) is 4.79 Å². The van der Waals surface area contributed by atoms with Crippen molar-refractivity contribution in [3.05, 3.63) is 0 Å². The van der Waals surface area contributed by atoms with E-state index in [1.54, 1.807) is 20.8 Å². The number of carbonyl (C=O) groups excluding carboxylic acids is 2. The van der Waals surface area contributed by atoms with Crippen molar-refractivity contribution in [1.29, 1.82) is 0 Å². The van der Waals surface area contributed by atoms with Gasteiger partial charge in [-0.05, 0) is 58.3 Å². The lowest BCUT2D eigenvalue weighted by atomic mass is 9.82. The van der Waals surface area contributed by atoms with Gasteiger partial charge in [0, 0.05) is 0 Å². The second-order valence-electron chi connectivity index (χ2n) is 9.24. The van der Waals surface area contributed by atoms with E-state index in [0.717, 1.165) is 64.2 Å². The molecule has 0 radical (unpaired) electrons. The number of hydrogen-bond donors (Lipinski definition) is 3. The zero-order chi connectivity index (χ0) is 20.7. The fourth-order valence-electron chi connectivity index (χ4n) is 4.39. The highest BCUT2D eigenvalue weighted by molar-refractivity contribution is 5.89. The Morgan fingerprint density at radius 2 is 1.29 bits per heavy atom. The van der Waals surface area contributed by atoms with Crippen LogP contribution in [0.1, 0.15) is 85.0 Å². The first kappa shape index (κ1) is 22.5. The summed E-state index contributed by atoms with van der Waals surface area (Å²) < 4.78 is 5.33. The van der Waals surface area contributed by atoms with Crippen molar-refractivity contribution in [1.82, 2.24) is 10.6 Å². The fourth-order valence-corrected chi connectivity index (χ4v) is 4.39. The highest BCUT2D eigenvalue weighted by Crippen LogP contribution is 2.29. The summed E-state index contributed by atoms with van der Waals surface area (Å²) in [7, 11) is 0. The largest absolute Gasteiger partial charge is 0.480 e. The van der Waals surface area contributed by atoms with Crippen LogP contribution >= 0.6 is 0 Å². The van der Waals surface area contributed by atoms with Crippen LogP contribution in [0.3, 0.4) is 0 Å². The average Bonchev–Trinajstić information content (AvgIpc) is 2.63. The summed E-state index contributed by atoms with van der Waals surface area (Å²) in [5.74, 6) is -1.46. The van der Waals surface area contributed by atoms with Gasteiger partial charge in [0.25, 0.3) is 0 Å². The highest BCUT2D eigenvalue weighted by Gasteiger charge is 2.37. The van der Waals surface area contributed by atoms with Crippen molar-refractivity contribution in [2.45, 2.75) is 103 Å². The van der Waals surface area contributed by atoms with Gasteiger partial charge in [-0.15, -0.1) is 0 Å². The van der Waals surface area contributed by atoms with E-state index >= 15 is 0 Å². The molecule has 0 aliphatic heterocycles. The van der Waals surface area contributed by atoms with Gasteiger partial charge in [0.1, 0.15) is 17.7 Å². The maximum absolute atomic E-state index is 13.1. The number of carboxylic acid groups (broad SMARTS) is 1. The minimum absolute atomic E-state index is 0.00192. The quantitative estimate of drug-likeness (QED) is 0.636. The lowest BCUT2D eigenvalue weighted by Gasteiger charge is -2.33. The molecule has 2 rings (SSSR count). The summed E-state index contributed by atoms with van der Waals surface area (Å²) in [6.45, 7) is 5.31. The number of alkyl carbamates (subject to hydrolysis) is 1. The minimum Gasteiger partial charge on any atom is -0.480 e. The molecule has 160 valence electrons. The highest BCUT2D eigenvalue weighted by atomic mass is 16.6. The molecule has 0 aromatic rings. The third kappa shape index (κ3) is 6.99. The van der Waals surface area contributed by atoms with Gasteiger partial charge in [0.05, 0.1) is 0 Å². The SMILES string of the molecule is CC(C)(C)OC(=O)N[C@H](C(=O)N[C@H](C(=O)O)C1CCCCC1)C1CCCCC1. The molecule has 0 aromatic carbocycles. The molecule has 0 bridgehead atoms. The van der Waals surface area contributed by atoms with Crippen LogP contribution in [0, 0.1) is 11.8 Å². The summed E-state index contributed by atoms with van der Waals surface area (Å²) in [4.78, 5) is 37.2. The molecule has 28 heavy (non-hydrogen) atoms.